The predicted molar refractivity (Wildman–Crippen MR) is 100 cm³/mol. The standard InChI is InChI=1S/C20H17FN2O4/c21-15-9-16-12(7-11(15)6-5-10-3-1-2-4-10)17(24)13-8-14(20(25)26)18(22)23-19(13)27-16/h5-10H,1-4H2,(H2,22,23)(H,25,26)/b6-5+. The SMILES string of the molecule is Nc1nc2oc3cc(F)c(/C=C/C4CCCC4)cc3c(=O)c2cc1C(=O)O. The minimum Gasteiger partial charge on any atom is -0.478 e. The lowest BCUT2D eigenvalue weighted by atomic mass is 10.0. The van der Waals surface area contributed by atoms with Crippen LogP contribution in [-0.4, -0.2) is 16.1 Å². The van der Waals surface area contributed by atoms with Gasteiger partial charge in [-0.15, -0.1) is 0 Å². The first-order valence-electron chi connectivity index (χ1n) is 8.72. The number of pyridine rings is 1. The molecule has 0 saturated heterocycles. The van der Waals surface area contributed by atoms with Crippen LogP contribution >= 0.6 is 0 Å². The van der Waals surface area contributed by atoms with Gasteiger partial charge in [-0.1, -0.05) is 25.0 Å². The maximum atomic E-state index is 14.4. The lowest BCUT2D eigenvalue weighted by Gasteiger charge is -2.06. The maximum absolute atomic E-state index is 14.4. The quantitative estimate of drug-likeness (QED) is 0.678. The van der Waals surface area contributed by atoms with Crippen molar-refractivity contribution in [2.75, 3.05) is 5.73 Å². The molecule has 6 nitrogen and oxygen atoms in total. The lowest BCUT2D eigenvalue weighted by molar-refractivity contribution is 0.0698. The third kappa shape index (κ3) is 3.05. The molecule has 2 aromatic heterocycles. The molecule has 0 spiro atoms. The van der Waals surface area contributed by atoms with Crippen LogP contribution in [0.25, 0.3) is 28.1 Å². The Morgan fingerprint density at radius 1 is 1.26 bits per heavy atom. The van der Waals surface area contributed by atoms with Crippen molar-refractivity contribution < 1.29 is 18.7 Å². The molecule has 27 heavy (non-hydrogen) atoms. The van der Waals surface area contributed by atoms with Gasteiger partial charge in [-0.05, 0) is 30.9 Å². The number of allylic oxidation sites excluding steroid dienone is 1. The predicted octanol–water partition coefficient (Wildman–Crippen LogP) is 3.96. The molecule has 2 heterocycles. The summed E-state index contributed by atoms with van der Waals surface area (Å²) in [6.07, 6.45) is 8.19. The molecule has 4 rings (SSSR count). The number of carbonyl (C=O) groups is 1. The van der Waals surface area contributed by atoms with Gasteiger partial charge in [0.15, 0.2) is 0 Å². The molecule has 3 aromatic rings. The van der Waals surface area contributed by atoms with E-state index in [-0.39, 0.29) is 33.5 Å². The molecule has 0 radical (unpaired) electrons. The van der Waals surface area contributed by atoms with E-state index in [0.29, 0.717) is 11.5 Å². The van der Waals surface area contributed by atoms with Gasteiger partial charge in [-0.2, -0.15) is 4.98 Å². The number of rotatable bonds is 3. The van der Waals surface area contributed by atoms with Gasteiger partial charge in [0, 0.05) is 11.6 Å². The maximum Gasteiger partial charge on any atom is 0.339 e. The lowest BCUT2D eigenvalue weighted by Crippen LogP contribution is -2.10. The van der Waals surface area contributed by atoms with Crippen LogP contribution in [0.3, 0.4) is 0 Å². The first-order chi connectivity index (χ1) is 12.9. The minimum atomic E-state index is -1.29. The fourth-order valence-electron chi connectivity index (χ4n) is 3.52. The Labute approximate surface area is 153 Å². The van der Waals surface area contributed by atoms with E-state index < -0.39 is 17.2 Å². The van der Waals surface area contributed by atoms with Gasteiger partial charge in [0.05, 0.1) is 10.8 Å². The van der Waals surface area contributed by atoms with Gasteiger partial charge in [0.25, 0.3) is 0 Å². The molecule has 1 fully saturated rings. The van der Waals surface area contributed by atoms with E-state index in [1.54, 1.807) is 6.08 Å². The number of aromatic carboxylic acids is 1. The van der Waals surface area contributed by atoms with Gasteiger partial charge < -0.3 is 15.3 Å². The fraction of sp³-hybridized carbons (Fsp3) is 0.250. The Hall–Kier alpha value is -3.22. The Morgan fingerprint density at radius 2 is 2.00 bits per heavy atom. The van der Waals surface area contributed by atoms with Crippen molar-refractivity contribution in [3.05, 3.63) is 51.4 Å². The summed E-state index contributed by atoms with van der Waals surface area (Å²) in [5, 5.41) is 9.33. The summed E-state index contributed by atoms with van der Waals surface area (Å²) in [5.74, 6) is -1.64. The minimum absolute atomic E-state index is 0.00793. The highest BCUT2D eigenvalue weighted by molar-refractivity contribution is 5.98. The van der Waals surface area contributed by atoms with Crippen molar-refractivity contribution in [1.29, 1.82) is 0 Å². The van der Waals surface area contributed by atoms with Crippen molar-refractivity contribution in [1.82, 2.24) is 4.98 Å². The van der Waals surface area contributed by atoms with E-state index in [2.05, 4.69) is 4.98 Å². The van der Waals surface area contributed by atoms with Gasteiger partial charge in [0.2, 0.25) is 11.1 Å². The molecule has 1 aliphatic carbocycles. The van der Waals surface area contributed by atoms with Crippen LogP contribution in [0, 0.1) is 11.7 Å². The van der Waals surface area contributed by atoms with E-state index in [9.17, 15) is 19.1 Å². The zero-order valence-electron chi connectivity index (χ0n) is 14.4. The Kier molecular flexibility index (Phi) is 4.14. The number of halogens is 1. The van der Waals surface area contributed by atoms with E-state index in [0.717, 1.165) is 25.0 Å². The van der Waals surface area contributed by atoms with Crippen molar-refractivity contribution in [3.63, 3.8) is 0 Å². The average molecular weight is 368 g/mol. The van der Waals surface area contributed by atoms with E-state index in [4.69, 9.17) is 10.2 Å². The van der Waals surface area contributed by atoms with Crippen LogP contribution in [0.2, 0.25) is 0 Å². The largest absolute Gasteiger partial charge is 0.478 e. The number of anilines is 1. The summed E-state index contributed by atoms with van der Waals surface area (Å²) in [7, 11) is 0. The normalized spacial score (nSPS) is 15.3. The van der Waals surface area contributed by atoms with Crippen LogP contribution in [0.5, 0.6) is 0 Å². The van der Waals surface area contributed by atoms with Crippen molar-refractivity contribution >= 4 is 39.9 Å². The zero-order chi connectivity index (χ0) is 19.1. The summed E-state index contributed by atoms with van der Waals surface area (Å²) in [4.78, 5) is 27.9. The van der Waals surface area contributed by atoms with Gasteiger partial charge in [-0.3, -0.25) is 4.79 Å². The molecule has 1 saturated carbocycles. The number of carboxylic acid groups (broad SMARTS) is 1. The highest BCUT2D eigenvalue weighted by atomic mass is 19.1. The molecule has 0 unspecified atom stereocenters. The van der Waals surface area contributed by atoms with Crippen LogP contribution in [0.15, 0.2) is 33.5 Å². The summed E-state index contributed by atoms with van der Waals surface area (Å²) in [6.45, 7) is 0. The molecular weight excluding hydrogens is 351 g/mol. The van der Waals surface area contributed by atoms with E-state index in [1.165, 1.54) is 18.9 Å². The number of benzene rings is 1. The molecule has 0 bridgehead atoms. The molecule has 1 aliphatic rings. The fourth-order valence-corrected chi connectivity index (χ4v) is 3.52. The summed E-state index contributed by atoms with van der Waals surface area (Å²) >= 11 is 0. The van der Waals surface area contributed by atoms with E-state index >= 15 is 0 Å². The molecule has 138 valence electrons. The highest BCUT2D eigenvalue weighted by Gasteiger charge is 2.17. The third-order valence-electron chi connectivity index (χ3n) is 4.99. The second-order valence-corrected chi connectivity index (χ2v) is 6.78. The number of hydrogen-bond donors (Lipinski definition) is 2. The van der Waals surface area contributed by atoms with Crippen LogP contribution in [0.1, 0.15) is 41.6 Å². The third-order valence-corrected chi connectivity index (χ3v) is 4.99. The molecule has 7 heteroatoms. The first kappa shape index (κ1) is 17.2. The topological polar surface area (TPSA) is 106 Å². The number of aromatic nitrogens is 1. The molecule has 1 aromatic carbocycles. The second kappa shape index (κ2) is 6.50. The monoisotopic (exact) mass is 368 g/mol. The molecule has 0 aliphatic heterocycles. The Balaban J connectivity index is 1.90. The number of nitrogen functional groups attached to an aromatic ring is 1. The second-order valence-electron chi connectivity index (χ2n) is 6.78. The van der Waals surface area contributed by atoms with Gasteiger partial charge >= 0.3 is 5.97 Å². The number of hydrogen-bond acceptors (Lipinski definition) is 5. The first-order valence-corrected chi connectivity index (χ1v) is 8.72. The molecule has 3 N–H and O–H groups in total. The Bertz CT molecular complexity index is 1160. The summed E-state index contributed by atoms with van der Waals surface area (Å²) in [5.41, 5.74) is 5.06. The number of nitrogens with zero attached hydrogens (tertiary/aromatic N) is 1. The number of carboxylic acids is 1. The van der Waals surface area contributed by atoms with Gasteiger partial charge in [0.1, 0.15) is 22.8 Å². The molecule has 0 atom stereocenters. The van der Waals surface area contributed by atoms with Crippen molar-refractivity contribution in [2.45, 2.75) is 25.7 Å². The van der Waals surface area contributed by atoms with Crippen LogP contribution < -0.4 is 11.2 Å². The van der Waals surface area contributed by atoms with Crippen LogP contribution in [0.4, 0.5) is 10.2 Å². The summed E-state index contributed by atoms with van der Waals surface area (Å²) < 4.78 is 19.9. The molecule has 0 amide bonds. The highest BCUT2D eigenvalue weighted by Crippen LogP contribution is 2.28. The zero-order valence-corrected chi connectivity index (χ0v) is 14.4. The average Bonchev–Trinajstić information content (AvgIpc) is 3.13. The van der Waals surface area contributed by atoms with Gasteiger partial charge in [-0.25, -0.2) is 9.18 Å². The molecular formula is C20H17FN2O4. The number of fused-ring (bicyclic) bond motifs is 2. The Morgan fingerprint density at radius 3 is 2.70 bits per heavy atom. The van der Waals surface area contributed by atoms with Crippen molar-refractivity contribution in [2.24, 2.45) is 5.92 Å². The number of nitrogens with two attached hydrogens (primary N) is 1. The smallest absolute Gasteiger partial charge is 0.339 e. The van der Waals surface area contributed by atoms with Crippen molar-refractivity contribution in [3.8, 4) is 0 Å². The summed E-state index contributed by atoms with van der Waals surface area (Å²) in [6, 6.07) is 3.72. The van der Waals surface area contributed by atoms with E-state index in [1.807, 2.05) is 6.08 Å². The van der Waals surface area contributed by atoms with Crippen LogP contribution in [-0.2, 0) is 0 Å².